The van der Waals surface area contributed by atoms with Crippen LogP contribution in [0.3, 0.4) is 0 Å². The van der Waals surface area contributed by atoms with Crippen molar-refractivity contribution in [2.75, 3.05) is 13.2 Å². The van der Waals surface area contributed by atoms with Crippen molar-refractivity contribution in [3.05, 3.63) is 29.9 Å². The summed E-state index contributed by atoms with van der Waals surface area (Å²) in [6.07, 6.45) is 2.65. The van der Waals surface area contributed by atoms with Crippen LogP contribution in [-0.4, -0.2) is 23.1 Å². The lowest BCUT2D eigenvalue weighted by Crippen LogP contribution is -2.21. The maximum absolute atomic E-state index is 5.81. The SMILES string of the molecule is C=C(C)CCOc1cnc(C(C)C)nc1CNCC(C)C. The molecule has 1 heterocycles. The Labute approximate surface area is 129 Å². The highest BCUT2D eigenvalue weighted by Gasteiger charge is 2.11. The molecule has 0 fully saturated rings. The average molecular weight is 291 g/mol. The third-order valence-electron chi connectivity index (χ3n) is 3.00. The zero-order chi connectivity index (χ0) is 15.8. The van der Waals surface area contributed by atoms with Crippen LogP contribution in [0.15, 0.2) is 18.3 Å². The van der Waals surface area contributed by atoms with Crippen LogP contribution in [0.4, 0.5) is 0 Å². The van der Waals surface area contributed by atoms with E-state index in [0.717, 1.165) is 35.8 Å². The maximum atomic E-state index is 5.81. The van der Waals surface area contributed by atoms with Gasteiger partial charge in [0, 0.05) is 18.9 Å². The summed E-state index contributed by atoms with van der Waals surface area (Å²) in [6, 6.07) is 0. The normalized spacial score (nSPS) is 11.2. The molecule has 4 heteroatoms. The number of nitrogens with zero attached hydrogens (tertiary/aromatic N) is 2. The molecule has 1 aromatic heterocycles. The second-order valence-corrected chi connectivity index (χ2v) is 6.27. The standard InChI is InChI=1S/C17H29N3O/c1-12(2)7-8-21-16-11-19-17(14(5)6)20-15(16)10-18-9-13(3)4/h11,13-14,18H,1,7-10H2,2-6H3. The van der Waals surface area contributed by atoms with Crippen LogP contribution >= 0.6 is 0 Å². The minimum absolute atomic E-state index is 0.318. The molecule has 21 heavy (non-hydrogen) atoms. The fourth-order valence-electron chi connectivity index (χ4n) is 1.76. The maximum Gasteiger partial charge on any atom is 0.160 e. The van der Waals surface area contributed by atoms with Gasteiger partial charge in [-0.25, -0.2) is 9.97 Å². The van der Waals surface area contributed by atoms with E-state index in [2.05, 4.69) is 49.6 Å². The molecule has 0 aromatic carbocycles. The fraction of sp³-hybridized carbons (Fsp3) is 0.647. The Morgan fingerprint density at radius 2 is 2.05 bits per heavy atom. The molecule has 0 radical (unpaired) electrons. The molecule has 0 aliphatic rings. The van der Waals surface area contributed by atoms with Gasteiger partial charge in [-0.15, -0.1) is 6.58 Å². The van der Waals surface area contributed by atoms with E-state index in [1.165, 1.54) is 0 Å². The van der Waals surface area contributed by atoms with Crippen LogP contribution < -0.4 is 10.1 Å². The van der Waals surface area contributed by atoms with E-state index in [4.69, 9.17) is 4.74 Å². The summed E-state index contributed by atoms with van der Waals surface area (Å²) in [5.74, 6) is 2.57. The molecule has 0 aliphatic heterocycles. The predicted octanol–water partition coefficient (Wildman–Crippen LogP) is 3.69. The van der Waals surface area contributed by atoms with Gasteiger partial charge in [0.1, 0.15) is 5.82 Å². The van der Waals surface area contributed by atoms with Crippen LogP contribution in [0.1, 0.15) is 58.5 Å². The largest absolute Gasteiger partial charge is 0.490 e. The number of aromatic nitrogens is 2. The smallest absolute Gasteiger partial charge is 0.160 e. The summed E-state index contributed by atoms with van der Waals surface area (Å²) in [7, 11) is 0. The summed E-state index contributed by atoms with van der Waals surface area (Å²) in [5, 5.41) is 3.42. The van der Waals surface area contributed by atoms with Gasteiger partial charge in [-0.05, 0) is 19.4 Å². The van der Waals surface area contributed by atoms with Gasteiger partial charge in [-0.3, -0.25) is 0 Å². The van der Waals surface area contributed by atoms with Crippen molar-refractivity contribution in [2.45, 2.75) is 53.5 Å². The summed E-state index contributed by atoms with van der Waals surface area (Å²) in [5.41, 5.74) is 2.06. The lowest BCUT2D eigenvalue weighted by Gasteiger charge is -2.14. The van der Waals surface area contributed by atoms with Gasteiger partial charge in [-0.1, -0.05) is 33.3 Å². The summed E-state index contributed by atoms with van der Waals surface area (Å²) < 4.78 is 5.81. The predicted molar refractivity (Wildman–Crippen MR) is 87.6 cm³/mol. The van der Waals surface area contributed by atoms with Gasteiger partial charge in [-0.2, -0.15) is 0 Å². The van der Waals surface area contributed by atoms with Gasteiger partial charge in [0.25, 0.3) is 0 Å². The number of rotatable bonds is 9. The Morgan fingerprint density at radius 3 is 2.62 bits per heavy atom. The van der Waals surface area contributed by atoms with Crippen molar-refractivity contribution in [1.29, 1.82) is 0 Å². The monoisotopic (exact) mass is 291 g/mol. The molecule has 1 N–H and O–H groups in total. The zero-order valence-electron chi connectivity index (χ0n) is 14.1. The first kappa shape index (κ1) is 17.6. The van der Waals surface area contributed by atoms with Gasteiger partial charge in [0.05, 0.1) is 18.5 Å². The van der Waals surface area contributed by atoms with Gasteiger partial charge in [0.2, 0.25) is 0 Å². The first-order chi connectivity index (χ1) is 9.90. The highest BCUT2D eigenvalue weighted by molar-refractivity contribution is 5.25. The van der Waals surface area contributed by atoms with E-state index in [0.29, 0.717) is 25.0 Å². The van der Waals surface area contributed by atoms with Gasteiger partial charge in [0.15, 0.2) is 5.75 Å². The highest BCUT2D eigenvalue weighted by atomic mass is 16.5. The number of nitrogens with one attached hydrogen (secondary N) is 1. The molecule has 0 spiro atoms. The topological polar surface area (TPSA) is 47.0 Å². The second kappa shape index (κ2) is 8.78. The average Bonchev–Trinajstić information content (AvgIpc) is 2.39. The van der Waals surface area contributed by atoms with Crippen molar-refractivity contribution in [3.63, 3.8) is 0 Å². The Hall–Kier alpha value is -1.42. The molecular formula is C17H29N3O. The quantitative estimate of drug-likeness (QED) is 0.705. The number of hydrogen-bond donors (Lipinski definition) is 1. The molecular weight excluding hydrogens is 262 g/mol. The molecule has 0 bridgehead atoms. The van der Waals surface area contributed by atoms with Crippen LogP contribution in [0.25, 0.3) is 0 Å². The summed E-state index contributed by atoms with van der Waals surface area (Å²) in [4.78, 5) is 9.04. The summed E-state index contributed by atoms with van der Waals surface area (Å²) in [6.45, 7) is 16.8. The van der Waals surface area contributed by atoms with Gasteiger partial charge >= 0.3 is 0 Å². The van der Waals surface area contributed by atoms with E-state index in [1.807, 2.05) is 6.92 Å². The molecule has 0 saturated carbocycles. The third-order valence-corrected chi connectivity index (χ3v) is 3.00. The van der Waals surface area contributed by atoms with Crippen LogP contribution in [0, 0.1) is 5.92 Å². The van der Waals surface area contributed by atoms with Crippen molar-refractivity contribution >= 4 is 0 Å². The first-order valence-electron chi connectivity index (χ1n) is 7.73. The van der Waals surface area contributed by atoms with Crippen molar-refractivity contribution in [2.24, 2.45) is 5.92 Å². The Morgan fingerprint density at radius 1 is 1.33 bits per heavy atom. The second-order valence-electron chi connectivity index (χ2n) is 6.27. The van der Waals surface area contributed by atoms with Crippen LogP contribution in [0.2, 0.25) is 0 Å². The number of ether oxygens (including phenoxy) is 1. The minimum Gasteiger partial charge on any atom is -0.490 e. The zero-order valence-corrected chi connectivity index (χ0v) is 14.1. The minimum atomic E-state index is 0.318. The van der Waals surface area contributed by atoms with E-state index >= 15 is 0 Å². The Bertz CT molecular complexity index is 455. The Kier molecular flexibility index (Phi) is 7.37. The van der Waals surface area contributed by atoms with Crippen molar-refractivity contribution in [3.8, 4) is 5.75 Å². The lowest BCUT2D eigenvalue weighted by molar-refractivity contribution is 0.313. The highest BCUT2D eigenvalue weighted by Crippen LogP contribution is 2.19. The van der Waals surface area contributed by atoms with E-state index in [-0.39, 0.29) is 0 Å². The van der Waals surface area contributed by atoms with Gasteiger partial charge < -0.3 is 10.1 Å². The fourth-order valence-corrected chi connectivity index (χ4v) is 1.76. The molecule has 1 aromatic rings. The van der Waals surface area contributed by atoms with Crippen molar-refractivity contribution in [1.82, 2.24) is 15.3 Å². The van der Waals surface area contributed by atoms with Crippen LogP contribution in [-0.2, 0) is 6.54 Å². The van der Waals surface area contributed by atoms with Crippen molar-refractivity contribution < 1.29 is 4.74 Å². The molecule has 118 valence electrons. The molecule has 0 amide bonds. The summed E-state index contributed by atoms with van der Waals surface area (Å²) >= 11 is 0. The third kappa shape index (κ3) is 6.71. The first-order valence-corrected chi connectivity index (χ1v) is 7.73. The lowest BCUT2D eigenvalue weighted by atomic mass is 10.2. The van der Waals surface area contributed by atoms with E-state index in [9.17, 15) is 0 Å². The molecule has 4 nitrogen and oxygen atoms in total. The van der Waals surface area contributed by atoms with Crippen LogP contribution in [0.5, 0.6) is 5.75 Å². The molecule has 0 unspecified atom stereocenters. The molecule has 0 atom stereocenters. The van der Waals surface area contributed by atoms with E-state index in [1.54, 1.807) is 6.20 Å². The molecule has 1 rings (SSSR count). The molecule has 0 aliphatic carbocycles. The van der Waals surface area contributed by atoms with E-state index < -0.39 is 0 Å². The molecule has 0 saturated heterocycles. The Balaban J connectivity index is 2.76. The number of hydrogen-bond acceptors (Lipinski definition) is 4.